The van der Waals surface area contributed by atoms with Gasteiger partial charge in [-0.3, -0.25) is 10.1 Å². The smallest absolute Gasteiger partial charge is 0.257 e. The third-order valence-corrected chi connectivity index (χ3v) is 5.44. The molecule has 0 aliphatic heterocycles. The van der Waals surface area contributed by atoms with Crippen molar-refractivity contribution in [2.75, 3.05) is 26.6 Å². The van der Waals surface area contributed by atoms with Crippen LogP contribution in [0, 0.1) is 0 Å². The van der Waals surface area contributed by atoms with Crippen LogP contribution < -0.4 is 19.5 Å². The Morgan fingerprint density at radius 2 is 1.78 bits per heavy atom. The lowest BCUT2D eigenvalue weighted by Crippen LogP contribution is -2.12. The highest BCUT2D eigenvalue weighted by Crippen LogP contribution is 2.41. The molecule has 2 aromatic carbocycles. The van der Waals surface area contributed by atoms with Crippen molar-refractivity contribution in [3.8, 4) is 28.5 Å². The van der Waals surface area contributed by atoms with Crippen molar-refractivity contribution in [1.29, 1.82) is 0 Å². The maximum Gasteiger partial charge on any atom is 0.257 e. The zero-order valence-corrected chi connectivity index (χ0v) is 16.0. The SMILES string of the molecule is COc1cc(C(=O)Nc2nc3c(s2)Cc2ccccc2-3)cc(OC)c1OC. The Bertz CT molecular complexity index is 1000. The second-order valence-corrected chi connectivity index (χ2v) is 7.08. The van der Waals surface area contributed by atoms with Crippen LogP contribution in [0.2, 0.25) is 0 Å². The van der Waals surface area contributed by atoms with E-state index in [-0.39, 0.29) is 5.91 Å². The molecule has 0 atom stereocenters. The van der Waals surface area contributed by atoms with Gasteiger partial charge >= 0.3 is 0 Å². The molecule has 1 aromatic heterocycles. The molecule has 3 aromatic rings. The standard InChI is InChI=1S/C20H18N2O4S/c1-24-14-8-12(9-15(25-2)18(14)26-3)19(23)22-20-21-17-13-7-5-4-6-11(13)10-16(17)27-20/h4-9H,10H2,1-3H3,(H,21,22,23). The van der Waals surface area contributed by atoms with Crippen LogP contribution in [0.3, 0.4) is 0 Å². The number of methoxy groups -OCH3 is 3. The summed E-state index contributed by atoms with van der Waals surface area (Å²) in [6, 6.07) is 11.4. The number of fused-ring (bicyclic) bond motifs is 3. The van der Waals surface area contributed by atoms with Crippen LogP contribution in [0.25, 0.3) is 11.3 Å². The summed E-state index contributed by atoms with van der Waals surface area (Å²) in [5.41, 5.74) is 3.77. The van der Waals surface area contributed by atoms with Gasteiger partial charge in [0.05, 0.1) is 27.0 Å². The first-order valence-electron chi connectivity index (χ1n) is 8.34. The molecule has 0 radical (unpaired) electrons. The van der Waals surface area contributed by atoms with Crippen molar-refractivity contribution in [1.82, 2.24) is 4.98 Å². The lowest BCUT2D eigenvalue weighted by Gasteiger charge is -2.13. The number of rotatable bonds is 5. The van der Waals surface area contributed by atoms with Crippen LogP contribution in [0.1, 0.15) is 20.8 Å². The molecule has 27 heavy (non-hydrogen) atoms. The van der Waals surface area contributed by atoms with E-state index in [1.165, 1.54) is 38.2 Å². The number of aromatic nitrogens is 1. The lowest BCUT2D eigenvalue weighted by atomic mass is 10.1. The molecule has 0 bridgehead atoms. The molecule has 4 rings (SSSR count). The predicted molar refractivity (Wildman–Crippen MR) is 104 cm³/mol. The summed E-state index contributed by atoms with van der Waals surface area (Å²) in [6.07, 6.45) is 0.850. The number of carbonyl (C=O) groups excluding carboxylic acids is 1. The van der Waals surface area contributed by atoms with Crippen molar-refractivity contribution in [3.63, 3.8) is 0 Å². The van der Waals surface area contributed by atoms with E-state index in [2.05, 4.69) is 22.4 Å². The number of amides is 1. The summed E-state index contributed by atoms with van der Waals surface area (Å²) < 4.78 is 15.9. The van der Waals surface area contributed by atoms with E-state index >= 15 is 0 Å². The van der Waals surface area contributed by atoms with Crippen molar-refractivity contribution < 1.29 is 19.0 Å². The Morgan fingerprint density at radius 1 is 1.07 bits per heavy atom. The minimum Gasteiger partial charge on any atom is -0.493 e. The van der Waals surface area contributed by atoms with Gasteiger partial charge in [0.15, 0.2) is 16.6 Å². The van der Waals surface area contributed by atoms with E-state index < -0.39 is 0 Å². The molecule has 0 saturated heterocycles. The number of benzene rings is 2. The lowest BCUT2D eigenvalue weighted by molar-refractivity contribution is 0.102. The summed E-state index contributed by atoms with van der Waals surface area (Å²) >= 11 is 1.50. The molecule has 0 fully saturated rings. The fourth-order valence-electron chi connectivity index (χ4n) is 3.20. The zero-order chi connectivity index (χ0) is 19.0. The highest BCUT2D eigenvalue weighted by molar-refractivity contribution is 7.16. The molecule has 1 N–H and O–H groups in total. The van der Waals surface area contributed by atoms with E-state index in [1.54, 1.807) is 12.1 Å². The highest BCUT2D eigenvalue weighted by Gasteiger charge is 2.24. The number of nitrogens with zero attached hydrogens (tertiary/aromatic N) is 1. The molecule has 0 unspecified atom stereocenters. The first-order valence-corrected chi connectivity index (χ1v) is 9.15. The predicted octanol–water partition coefficient (Wildman–Crippen LogP) is 3.99. The Morgan fingerprint density at radius 3 is 2.44 bits per heavy atom. The summed E-state index contributed by atoms with van der Waals surface area (Å²) in [5, 5.41) is 3.45. The van der Waals surface area contributed by atoms with Crippen LogP contribution in [-0.2, 0) is 6.42 Å². The van der Waals surface area contributed by atoms with Gasteiger partial charge in [-0.25, -0.2) is 4.98 Å². The van der Waals surface area contributed by atoms with E-state index in [1.807, 2.05) is 12.1 Å². The second kappa shape index (κ2) is 6.92. The van der Waals surface area contributed by atoms with Gasteiger partial charge < -0.3 is 14.2 Å². The van der Waals surface area contributed by atoms with Gasteiger partial charge in [-0.2, -0.15) is 0 Å². The van der Waals surface area contributed by atoms with Crippen LogP contribution in [0.5, 0.6) is 17.2 Å². The minimum atomic E-state index is -0.282. The van der Waals surface area contributed by atoms with Crippen LogP contribution in [0.4, 0.5) is 5.13 Å². The van der Waals surface area contributed by atoms with Gasteiger partial charge in [0.2, 0.25) is 5.75 Å². The van der Waals surface area contributed by atoms with Crippen LogP contribution in [-0.4, -0.2) is 32.2 Å². The molecular formula is C20H18N2O4S. The maximum absolute atomic E-state index is 12.7. The summed E-state index contributed by atoms with van der Waals surface area (Å²) in [5.74, 6) is 1.02. The molecule has 1 heterocycles. The van der Waals surface area contributed by atoms with Crippen LogP contribution in [0.15, 0.2) is 36.4 Å². The Balaban J connectivity index is 1.61. The van der Waals surface area contributed by atoms with E-state index in [9.17, 15) is 4.79 Å². The normalized spacial score (nSPS) is 11.5. The molecule has 0 spiro atoms. The number of thiazole rings is 1. The van der Waals surface area contributed by atoms with E-state index in [0.29, 0.717) is 27.9 Å². The number of nitrogens with one attached hydrogen (secondary N) is 1. The molecular weight excluding hydrogens is 364 g/mol. The maximum atomic E-state index is 12.7. The van der Waals surface area contributed by atoms with Crippen molar-refractivity contribution in [2.24, 2.45) is 0 Å². The van der Waals surface area contributed by atoms with Crippen LogP contribution >= 0.6 is 11.3 Å². The highest BCUT2D eigenvalue weighted by atomic mass is 32.1. The third kappa shape index (κ3) is 3.00. The van der Waals surface area contributed by atoms with Gasteiger partial charge in [0.25, 0.3) is 5.91 Å². The van der Waals surface area contributed by atoms with Crippen molar-refractivity contribution >= 4 is 22.4 Å². The number of hydrogen-bond acceptors (Lipinski definition) is 6. The monoisotopic (exact) mass is 382 g/mol. The van der Waals surface area contributed by atoms with Gasteiger partial charge in [-0.05, 0) is 17.7 Å². The number of carbonyl (C=O) groups is 1. The van der Waals surface area contributed by atoms with E-state index in [0.717, 1.165) is 22.6 Å². The Labute approximate surface area is 160 Å². The van der Waals surface area contributed by atoms with E-state index in [4.69, 9.17) is 14.2 Å². The number of ether oxygens (including phenoxy) is 3. The molecule has 1 aliphatic carbocycles. The molecule has 7 heteroatoms. The van der Waals surface area contributed by atoms with Crippen molar-refractivity contribution in [3.05, 3.63) is 52.4 Å². The molecule has 138 valence electrons. The average Bonchev–Trinajstić information content (AvgIpc) is 3.23. The summed E-state index contributed by atoms with van der Waals surface area (Å²) in [6.45, 7) is 0. The Hall–Kier alpha value is -3.06. The average molecular weight is 382 g/mol. The largest absolute Gasteiger partial charge is 0.493 e. The molecule has 6 nitrogen and oxygen atoms in total. The zero-order valence-electron chi connectivity index (χ0n) is 15.2. The quantitative estimate of drug-likeness (QED) is 0.565. The molecule has 1 aliphatic rings. The van der Waals surface area contributed by atoms with Gasteiger partial charge in [0.1, 0.15) is 0 Å². The summed E-state index contributed by atoms with van der Waals surface area (Å²) in [4.78, 5) is 18.5. The third-order valence-electron chi connectivity index (χ3n) is 4.47. The van der Waals surface area contributed by atoms with Gasteiger partial charge in [-0.1, -0.05) is 24.3 Å². The second-order valence-electron chi connectivity index (χ2n) is 5.99. The molecule has 0 saturated carbocycles. The van der Waals surface area contributed by atoms with Gasteiger partial charge in [0, 0.05) is 22.4 Å². The Kier molecular flexibility index (Phi) is 4.45. The fraction of sp³-hybridized carbons (Fsp3) is 0.200. The van der Waals surface area contributed by atoms with Gasteiger partial charge in [-0.15, -0.1) is 11.3 Å². The summed E-state index contributed by atoms with van der Waals surface area (Å²) in [7, 11) is 4.55. The minimum absolute atomic E-state index is 0.282. The van der Waals surface area contributed by atoms with Crippen molar-refractivity contribution in [2.45, 2.75) is 6.42 Å². The number of hydrogen-bond donors (Lipinski definition) is 1. The first kappa shape index (κ1) is 17.4. The number of anilines is 1. The topological polar surface area (TPSA) is 69.7 Å². The fourth-order valence-corrected chi connectivity index (χ4v) is 4.19. The molecule has 1 amide bonds. The first-order chi connectivity index (χ1) is 13.1.